The van der Waals surface area contributed by atoms with Crippen LogP contribution in [0.25, 0.3) is 22.3 Å². The van der Waals surface area contributed by atoms with Crippen molar-refractivity contribution in [1.29, 1.82) is 0 Å². The predicted molar refractivity (Wildman–Crippen MR) is 189 cm³/mol. The van der Waals surface area contributed by atoms with Crippen LogP contribution in [-0.4, -0.2) is 155 Å². The van der Waals surface area contributed by atoms with E-state index in [9.17, 15) is 35.0 Å². The number of hydrogen-bond acceptors (Lipinski definition) is 23. The number of nitrogens with zero attached hydrogens (tertiary/aromatic N) is 12. The molecular weight excluding hydrogens is 893 g/mol. The van der Waals surface area contributed by atoms with Gasteiger partial charge in [0.1, 0.15) is 36.6 Å². The van der Waals surface area contributed by atoms with Gasteiger partial charge in [0, 0.05) is 27.9 Å². The van der Waals surface area contributed by atoms with Gasteiger partial charge in [0.25, 0.3) is 15.6 Å². The number of aromatic nitrogens is 8. The van der Waals surface area contributed by atoms with E-state index in [1.807, 2.05) is 6.92 Å². The summed E-state index contributed by atoms with van der Waals surface area (Å²) in [5, 5.41) is 62.0. The topological polar surface area (TPSA) is 485 Å². The van der Waals surface area contributed by atoms with Gasteiger partial charge in [-0.25, -0.2) is 28.3 Å². The maximum atomic E-state index is 10.8. The predicted octanol–water partition coefficient (Wildman–Crippen LogP) is -9.17. The van der Waals surface area contributed by atoms with E-state index in [1.54, 1.807) is 57.4 Å². The molecule has 61 heavy (non-hydrogen) atoms. The molecule has 9 atom stereocenters. The molecular formula is C26H39N12O20P3-2. The zero-order valence-electron chi connectivity index (χ0n) is 31.7. The summed E-state index contributed by atoms with van der Waals surface area (Å²) >= 11 is 0. The fourth-order valence-corrected chi connectivity index (χ4v) is 6.68. The van der Waals surface area contributed by atoms with Crippen LogP contribution in [0.2, 0.25) is 0 Å². The molecule has 35 heteroatoms. The lowest BCUT2D eigenvalue weighted by molar-refractivity contribution is -0.745. The molecule has 4 aromatic heterocycles. The highest BCUT2D eigenvalue weighted by Gasteiger charge is 2.49. The molecule has 32 nitrogen and oxygen atoms in total. The second-order valence-corrected chi connectivity index (χ2v) is 16.0. The van der Waals surface area contributed by atoms with Crippen molar-refractivity contribution >= 4 is 69.1 Å². The second kappa shape index (κ2) is 18.8. The molecule has 0 amide bonds. The summed E-state index contributed by atoms with van der Waals surface area (Å²) in [6.45, 7) is 2.60. The Kier molecular flexibility index (Phi) is 15.3. The molecule has 8 rings (SSSR count). The maximum Gasteiger partial charge on any atom is 0.310 e. The number of hydrazone groups is 2. The quantitative estimate of drug-likeness (QED) is 0.0640. The van der Waals surface area contributed by atoms with E-state index in [4.69, 9.17) is 52.9 Å². The lowest BCUT2D eigenvalue weighted by atomic mass is 10.1. The first kappa shape index (κ1) is 49.7. The Balaban J connectivity index is 0.000000219. The second-order valence-electron chi connectivity index (χ2n) is 12.9. The first-order valence-corrected chi connectivity index (χ1v) is 21.2. The van der Waals surface area contributed by atoms with E-state index in [1.165, 1.54) is 17.2 Å². The van der Waals surface area contributed by atoms with Gasteiger partial charge in [-0.05, 0) is 0 Å². The van der Waals surface area contributed by atoms with E-state index in [-0.39, 0.29) is 12.1 Å². The average molecular weight is 933 g/mol. The Bertz CT molecular complexity index is 2380. The third-order valence-corrected chi connectivity index (χ3v) is 9.20. The normalized spacial score (nSPS) is 26.5. The highest BCUT2D eigenvalue weighted by atomic mass is 31.2. The van der Waals surface area contributed by atoms with Crippen molar-refractivity contribution in [3.05, 3.63) is 25.3 Å². The Hall–Kier alpha value is -3.95. The highest BCUT2D eigenvalue weighted by Crippen LogP contribution is 2.35. The standard InChI is InChI=1S/C13H17N6O7P.C13H17N6O4.2H3O4P.H2O/c1-6-16-17(2)11-8-12(15-4-14-11)19(5-18(6)8)13-10(21)9(20)7(26-13)3-25-27(22,23)24;1-6-16-17(2)11-8-12(15-4-14-11)19(5-18(6)8)13-10(22)9(21)7(3-20)23-13;2*1-5(2,3)4;/h4-5,7,9-10,13,20-21H,3H2,1-2H3,(H-,22,23,24);4-5,7,9-10,13,20-22H,3H2,1-2H3;2*(H3,1,2,3,4);1H2/q;+1;;;/p-3. The van der Waals surface area contributed by atoms with Gasteiger partial charge in [-0.1, -0.05) is 9.97 Å². The number of phosphoric acid groups is 3. The van der Waals surface area contributed by atoms with Crippen molar-refractivity contribution in [1.82, 2.24) is 29.1 Å². The van der Waals surface area contributed by atoms with E-state index in [2.05, 4.69) is 34.7 Å². The number of rotatable bonds is 6. The van der Waals surface area contributed by atoms with Crippen molar-refractivity contribution in [2.24, 2.45) is 10.2 Å². The maximum absolute atomic E-state index is 10.8. The molecule has 0 saturated carbocycles. The summed E-state index contributed by atoms with van der Waals surface area (Å²) in [6, 6.07) is 0. The summed E-state index contributed by atoms with van der Waals surface area (Å²) in [4.78, 5) is 83.7. The zero-order chi connectivity index (χ0) is 44.8. The summed E-state index contributed by atoms with van der Waals surface area (Å²) in [5.74, 6) is 2.52. The van der Waals surface area contributed by atoms with Crippen LogP contribution in [0.4, 0.5) is 11.6 Å². The number of aliphatic hydroxyl groups excluding tert-OH is 5. The van der Waals surface area contributed by atoms with Crippen molar-refractivity contribution < 1.29 is 107 Å². The van der Waals surface area contributed by atoms with Crippen LogP contribution in [-0.2, 0) is 27.7 Å². The Labute approximate surface area is 340 Å². The van der Waals surface area contributed by atoms with E-state index in [0.717, 1.165) is 5.52 Å². The molecule has 340 valence electrons. The molecule has 4 aromatic rings. The molecule has 0 aliphatic carbocycles. The largest absolute Gasteiger partial charge is 0.790 e. The Morgan fingerprint density at radius 2 is 1.07 bits per heavy atom. The summed E-state index contributed by atoms with van der Waals surface area (Å²) < 4.78 is 50.3. The number of hydrogen-bond donors (Lipinski definition) is 9. The van der Waals surface area contributed by atoms with Gasteiger partial charge < -0.3 is 88.7 Å². The molecule has 0 aromatic carbocycles. The van der Waals surface area contributed by atoms with Crippen LogP contribution in [0.5, 0.6) is 0 Å². The number of anilines is 2. The van der Waals surface area contributed by atoms with Crippen LogP contribution < -0.4 is 38.7 Å². The molecule has 2 saturated heterocycles. The van der Waals surface area contributed by atoms with E-state index >= 15 is 0 Å². The van der Waals surface area contributed by atoms with Crippen LogP contribution in [0.3, 0.4) is 0 Å². The molecule has 4 aliphatic rings. The van der Waals surface area contributed by atoms with Gasteiger partial charge in [-0.2, -0.15) is 9.97 Å². The van der Waals surface area contributed by atoms with Gasteiger partial charge in [0.05, 0.1) is 21.0 Å². The van der Waals surface area contributed by atoms with Gasteiger partial charge in [0.2, 0.25) is 23.5 Å². The van der Waals surface area contributed by atoms with Crippen molar-refractivity contribution in [2.75, 3.05) is 37.3 Å². The summed E-state index contributed by atoms with van der Waals surface area (Å²) in [5.41, 5.74) is 2.35. The van der Waals surface area contributed by atoms with Crippen molar-refractivity contribution in [2.45, 2.75) is 62.9 Å². The third kappa shape index (κ3) is 11.4. The Morgan fingerprint density at radius 3 is 1.41 bits per heavy atom. The van der Waals surface area contributed by atoms with Crippen LogP contribution in [0.15, 0.2) is 35.5 Å². The SMILES string of the molecule is CC1=NN(C)c2ncnc3c2n1c[n+]3C1OC(CO)C(O)C1O.CC1=NN(C)c2ncnc3c2n1c[n+]3C1OC(COP(=O)([O-])O)C(O)C1O.O.O=P([O-])(O)O.O=P([O-])([O-])O. The monoisotopic (exact) mass is 932 g/mol. The third-order valence-electron chi connectivity index (χ3n) is 8.72. The number of ether oxygens (including phenoxy) is 2. The minimum atomic E-state index is -5.14. The van der Waals surface area contributed by atoms with Crippen molar-refractivity contribution in [3.63, 3.8) is 0 Å². The molecule has 2 fully saturated rings. The molecule has 11 N–H and O–H groups in total. The van der Waals surface area contributed by atoms with E-state index in [0.29, 0.717) is 40.1 Å². The number of phosphoric ester groups is 1. The molecule has 0 radical (unpaired) electrons. The minimum absolute atomic E-state index is 0. The fourth-order valence-electron chi connectivity index (χ4n) is 6.34. The summed E-state index contributed by atoms with van der Waals surface area (Å²) in [7, 11) is -11.5. The van der Waals surface area contributed by atoms with Gasteiger partial charge in [-0.3, -0.25) is 9.13 Å². The van der Waals surface area contributed by atoms with E-state index < -0.39 is 79.2 Å². The summed E-state index contributed by atoms with van der Waals surface area (Å²) in [6.07, 6.45) is -3.05. The smallest absolute Gasteiger partial charge is 0.310 e. The van der Waals surface area contributed by atoms with Crippen molar-refractivity contribution in [3.8, 4) is 0 Å². The average Bonchev–Trinajstić information content (AvgIpc) is 3.86. The lowest BCUT2D eigenvalue weighted by Gasteiger charge is -2.19. The lowest BCUT2D eigenvalue weighted by Crippen LogP contribution is -2.46. The van der Waals surface area contributed by atoms with Gasteiger partial charge >= 0.3 is 11.3 Å². The van der Waals surface area contributed by atoms with Gasteiger partial charge in [0.15, 0.2) is 48.6 Å². The molecule has 9 unspecified atom stereocenters. The Morgan fingerprint density at radius 1 is 0.705 bits per heavy atom. The first-order valence-electron chi connectivity index (χ1n) is 16.7. The van der Waals surface area contributed by atoms with Crippen LogP contribution >= 0.6 is 23.5 Å². The molecule has 0 spiro atoms. The van der Waals surface area contributed by atoms with Gasteiger partial charge in [-0.15, -0.1) is 10.2 Å². The van der Waals surface area contributed by atoms with Crippen LogP contribution in [0, 0.1) is 0 Å². The zero-order valence-corrected chi connectivity index (χ0v) is 34.3. The fraction of sp³-hybridized carbons (Fsp3) is 0.538. The number of aliphatic hydroxyl groups is 5. The minimum Gasteiger partial charge on any atom is -0.790 e. The first-order chi connectivity index (χ1) is 27.7. The molecule has 0 bridgehead atoms. The highest BCUT2D eigenvalue weighted by molar-refractivity contribution is 7.44. The molecule has 4 aliphatic heterocycles. The molecule has 8 heterocycles. The number of imidazole rings is 2. The van der Waals surface area contributed by atoms with Crippen LogP contribution in [0.1, 0.15) is 26.3 Å².